The Morgan fingerprint density at radius 2 is 1.90 bits per heavy atom. The Labute approximate surface area is 172 Å². The average Bonchev–Trinajstić information content (AvgIpc) is 3.24. The summed E-state index contributed by atoms with van der Waals surface area (Å²) in [7, 11) is -3.78. The van der Waals surface area contributed by atoms with Crippen LogP contribution in [0.3, 0.4) is 0 Å². The molecule has 0 saturated carbocycles. The maximum absolute atomic E-state index is 13.0. The normalized spacial score (nSPS) is 15.9. The van der Waals surface area contributed by atoms with Crippen LogP contribution < -0.4 is 15.4 Å². The summed E-state index contributed by atoms with van der Waals surface area (Å²) in [5, 5.41) is 1.37. The van der Waals surface area contributed by atoms with Crippen LogP contribution in [-0.4, -0.2) is 19.7 Å². The van der Waals surface area contributed by atoms with E-state index in [1.807, 2.05) is 6.07 Å². The van der Waals surface area contributed by atoms with Crippen molar-refractivity contribution in [3.8, 4) is 0 Å². The number of anilines is 2. The van der Waals surface area contributed by atoms with Crippen LogP contribution in [0.5, 0.6) is 0 Å². The third-order valence-electron chi connectivity index (χ3n) is 4.94. The number of sulfonamides is 1. The number of aromatic nitrogens is 1. The van der Waals surface area contributed by atoms with Gasteiger partial charge in [-0.15, -0.1) is 0 Å². The number of nitrogens with two attached hydrogens (primary N) is 1. The van der Waals surface area contributed by atoms with Crippen LogP contribution in [0.15, 0.2) is 87.6 Å². The van der Waals surface area contributed by atoms with E-state index < -0.39 is 16.2 Å². The monoisotopic (exact) mass is 419 g/mol. The van der Waals surface area contributed by atoms with E-state index in [1.54, 1.807) is 78.4 Å². The second-order valence-electron chi connectivity index (χ2n) is 6.78. The molecule has 1 atom stereocenters. The van der Waals surface area contributed by atoms with E-state index in [4.69, 9.17) is 10.2 Å². The Balaban J connectivity index is 1.41. The molecule has 2 aromatic heterocycles. The van der Waals surface area contributed by atoms with Gasteiger partial charge >= 0.3 is 0 Å². The molecule has 3 heterocycles. The van der Waals surface area contributed by atoms with Crippen molar-refractivity contribution in [2.75, 3.05) is 9.62 Å². The van der Waals surface area contributed by atoms with Gasteiger partial charge in [0, 0.05) is 34.5 Å². The molecule has 150 valence electrons. The maximum atomic E-state index is 13.0. The van der Waals surface area contributed by atoms with Crippen molar-refractivity contribution in [3.63, 3.8) is 0 Å². The molecule has 30 heavy (non-hydrogen) atoms. The molecule has 3 N–H and O–H groups in total. The van der Waals surface area contributed by atoms with Crippen LogP contribution >= 0.6 is 0 Å². The number of pyridine rings is 1. The van der Waals surface area contributed by atoms with Gasteiger partial charge in [0.05, 0.1) is 16.7 Å². The molecule has 0 radical (unpaired) electrons. The van der Waals surface area contributed by atoms with Gasteiger partial charge in [-0.25, -0.2) is 13.4 Å². The van der Waals surface area contributed by atoms with Crippen LogP contribution in [-0.2, 0) is 10.0 Å². The maximum Gasteiger partial charge on any atom is 0.262 e. The Hall–Kier alpha value is -3.69. The van der Waals surface area contributed by atoms with Crippen molar-refractivity contribution in [1.29, 1.82) is 0 Å². The lowest BCUT2D eigenvalue weighted by Crippen LogP contribution is -2.35. The lowest BCUT2D eigenvalue weighted by molar-refractivity contribution is 0.567. The highest BCUT2D eigenvalue weighted by atomic mass is 32.2. The highest BCUT2D eigenvalue weighted by molar-refractivity contribution is 7.93. The van der Waals surface area contributed by atoms with Crippen molar-refractivity contribution in [3.05, 3.63) is 78.8 Å². The van der Waals surface area contributed by atoms with Gasteiger partial charge in [0.15, 0.2) is 0 Å². The summed E-state index contributed by atoms with van der Waals surface area (Å²) < 4.78 is 33.8. The number of benzene rings is 2. The first-order valence-electron chi connectivity index (χ1n) is 9.14. The molecule has 8 nitrogen and oxygen atoms in total. The van der Waals surface area contributed by atoms with Crippen LogP contribution in [0.25, 0.3) is 10.8 Å². The predicted octanol–water partition coefficient (Wildman–Crippen LogP) is 3.77. The number of hydrogen-bond donors (Lipinski definition) is 2. The van der Waals surface area contributed by atoms with Gasteiger partial charge in [-0.05, 0) is 42.5 Å². The molecule has 1 aliphatic rings. The van der Waals surface area contributed by atoms with E-state index in [9.17, 15) is 8.42 Å². The van der Waals surface area contributed by atoms with Gasteiger partial charge in [0.2, 0.25) is 5.88 Å². The number of furan rings is 1. The Bertz CT molecular complexity index is 1360. The van der Waals surface area contributed by atoms with E-state index >= 15 is 0 Å². The van der Waals surface area contributed by atoms with Crippen molar-refractivity contribution in [2.45, 2.75) is 11.1 Å². The summed E-state index contributed by atoms with van der Waals surface area (Å²) in [4.78, 5) is 10.3. The zero-order valence-electron chi connectivity index (χ0n) is 15.6. The second kappa shape index (κ2) is 6.97. The van der Waals surface area contributed by atoms with Gasteiger partial charge in [0.1, 0.15) is 12.5 Å². The summed E-state index contributed by atoms with van der Waals surface area (Å²) in [6, 6.07) is 15.5. The minimum atomic E-state index is -3.78. The number of nitrogens with one attached hydrogen (secondary N) is 1. The highest BCUT2D eigenvalue weighted by Crippen LogP contribution is 2.34. The fourth-order valence-corrected chi connectivity index (χ4v) is 4.73. The average molecular weight is 419 g/mol. The molecule has 0 fully saturated rings. The molecule has 0 aliphatic carbocycles. The molecule has 2 aromatic carbocycles. The molecule has 0 bridgehead atoms. The van der Waals surface area contributed by atoms with E-state index in [0.717, 1.165) is 16.6 Å². The van der Waals surface area contributed by atoms with Crippen molar-refractivity contribution in [2.24, 2.45) is 10.7 Å². The minimum absolute atomic E-state index is 0.198. The number of hydrogen-bond acceptors (Lipinski definition) is 7. The second-order valence-corrected chi connectivity index (χ2v) is 8.43. The van der Waals surface area contributed by atoms with Crippen molar-refractivity contribution < 1.29 is 12.8 Å². The predicted molar refractivity (Wildman–Crippen MR) is 115 cm³/mol. The molecule has 1 unspecified atom stereocenters. The molecule has 0 saturated heterocycles. The van der Waals surface area contributed by atoms with E-state index in [1.165, 1.54) is 0 Å². The topological polar surface area (TPSA) is 114 Å². The van der Waals surface area contributed by atoms with E-state index in [0.29, 0.717) is 17.0 Å². The smallest absolute Gasteiger partial charge is 0.262 e. The summed E-state index contributed by atoms with van der Waals surface area (Å²) in [5.41, 5.74) is 8.30. The molecule has 1 aliphatic heterocycles. The molecule has 0 amide bonds. The van der Waals surface area contributed by atoms with Crippen molar-refractivity contribution >= 4 is 44.4 Å². The zero-order chi connectivity index (χ0) is 20.7. The van der Waals surface area contributed by atoms with Crippen LogP contribution in [0.1, 0.15) is 11.7 Å². The van der Waals surface area contributed by atoms with Crippen LogP contribution in [0, 0.1) is 0 Å². The molecular formula is C21H17N5O3S. The molecule has 4 aromatic rings. The van der Waals surface area contributed by atoms with Gasteiger partial charge in [-0.3, -0.25) is 9.71 Å². The third kappa shape index (κ3) is 3.10. The number of nitrogens with zero attached hydrogens (tertiary/aromatic N) is 3. The number of rotatable bonds is 4. The van der Waals surface area contributed by atoms with Crippen LogP contribution in [0.4, 0.5) is 17.3 Å². The quantitative estimate of drug-likeness (QED) is 0.521. The Morgan fingerprint density at radius 3 is 2.73 bits per heavy atom. The third-order valence-corrected chi connectivity index (χ3v) is 6.38. The molecule has 0 spiro atoms. The summed E-state index contributed by atoms with van der Waals surface area (Å²) in [6.07, 6.45) is 5.91. The highest BCUT2D eigenvalue weighted by Gasteiger charge is 2.24. The fraction of sp³-hybridized carbons (Fsp3) is 0.0476. The summed E-state index contributed by atoms with van der Waals surface area (Å²) >= 11 is 0. The first-order chi connectivity index (χ1) is 14.5. The summed E-state index contributed by atoms with van der Waals surface area (Å²) in [6.45, 7) is 0. The Kier molecular flexibility index (Phi) is 4.27. The zero-order valence-corrected chi connectivity index (χ0v) is 16.5. The standard InChI is InChI=1S/C21H17N5O3S/c22-20-18-9-11-29-21(18)24-13-26(20)16-6-4-15(5-7-16)25-30(27,28)19-3-1-2-14-12-23-10-8-17(14)19/h1-13,20,25H,22H2. The lowest BCUT2D eigenvalue weighted by Gasteiger charge is -2.29. The largest absolute Gasteiger partial charge is 0.446 e. The van der Waals surface area contributed by atoms with Gasteiger partial charge in [-0.1, -0.05) is 12.1 Å². The molecular weight excluding hydrogens is 402 g/mol. The fourth-order valence-electron chi connectivity index (χ4n) is 3.44. The Morgan fingerprint density at radius 1 is 1.07 bits per heavy atom. The van der Waals surface area contributed by atoms with E-state index in [2.05, 4.69) is 14.7 Å². The number of fused-ring (bicyclic) bond motifs is 2. The molecule has 5 rings (SSSR count). The van der Waals surface area contributed by atoms with Gasteiger partial charge in [-0.2, -0.15) is 0 Å². The lowest BCUT2D eigenvalue weighted by atomic mass is 10.2. The van der Waals surface area contributed by atoms with Crippen molar-refractivity contribution in [1.82, 2.24) is 4.98 Å². The van der Waals surface area contributed by atoms with E-state index in [-0.39, 0.29) is 4.90 Å². The summed E-state index contributed by atoms with van der Waals surface area (Å²) in [5.74, 6) is 0.494. The SMILES string of the molecule is NC1c2ccoc2N=CN1c1ccc(NS(=O)(=O)c2cccc3cnccc23)cc1. The minimum Gasteiger partial charge on any atom is -0.446 e. The first kappa shape index (κ1) is 18.3. The number of aliphatic imine (C=N–C) groups is 1. The molecule has 9 heteroatoms. The van der Waals surface area contributed by atoms with Crippen LogP contribution in [0.2, 0.25) is 0 Å². The van der Waals surface area contributed by atoms with Gasteiger partial charge < -0.3 is 15.1 Å². The first-order valence-corrected chi connectivity index (χ1v) is 10.6. The van der Waals surface area contributed by atoms with Gasteiger partial charge in [0.25, 0.3) is 10.0 Å².